The quantitative estimate of drug-likeness (QED) is 0.866. The van der Waals surface area contributed by atoms with Crippen molar-refractivity contribution in [2.75, 3.05) is 13.1 Å². The highest BCUT2D eigenvalue weighted by Gasteiger charge is 2.27. The van der Waals surface area contributed by atoms with Crippen LogP contribution in [0.25, 0.3) is 5.69 Å². The Morgan fingerprint density at radius 1 is 1.30 bits per heavy atom. The summed E-state index contributed by atoms with van der Waals surface area (Å²) in [6, 6.07) is 6.93. The number of aliphatic carboxylic acids is 1. The Balaban J connectivity index is 1.80. The molecule has 8 heteroatoms. The third-order valence-electron chi connectivity index (χ3n) is 4.66. The Bertz CT molecular complexity index is 912. The number of piperidine rings is 1. The number of benzene rings is 1. The van der Waals surface area contributed by atoms with Gasteiger partial charge < -0.3 is 10.0 Å². The first-order chi connectivity index (χ1) is 12.9. The van der Waals surface area contributed by atoms with Crippen LogP contribution in [0.5, 0.6) is 0 Å². The fraction of sp³-hybridized carbons (Fsp3) is 0.368. The molecule has 0 saturated carbocycles. The molecule has 1 aromatic heterocycles. The maximum absolute atomic E-state index is 13.4. The van der Waals surface area contributed by atoms with Crippen LogP contribution in [0.1, 0.15) is 36.2 Å². The minimum Gasteiger partial charge on any atom is -0.481 e. The lowest BCUT2D eigenvalue weighted by atomic mass is 9.93. The Hall–Kier alpha value is -3.03. The topological polar surface area (TPSA) is 92.5 Å². The molecule has 1 unspecified atom stereocenters. The van der Waals surface area contributed by atoms with Crippen LogP contribution in [0.4, 0.5) is 4.39 Å². The molecule has 1 aromatic carbocycles. The summed E-state index contributed by atoms with van der Waals surface area (Å²) in [7, 11) is 0. The Labute approximate surface area is 155 Å². The summed E-state index contributed by atoms with van der Waals surface area (Å²) in [5, 5.41) is 12.9. The highest BCUT2D eigenvalue weighted by Crippen LogP contribution is 2.22. The van der Waals surface area contributed by atoms with Crippen molar-refractivity contribution in [3.05, 3.63) is 58.3 Å². The number of aromatic nitrogens is 2. The fourth-order valence-electron chi connectivity index (χ4n) is 3.28. The summed E-state index contributed by atoms with van der Waals surface area (Å²) in [4.78, 5) is 37.3. The lowest BCUT2D eigenvalue weighted by Crippen LogP contribution is -2.42. The van der Waals surface area contributed by atoms with E-state index < -0.39 is 23.1 Å². The lowest BCUT2D eigenvalue weighted by Gasteiger charge is -2.32. The molecule has 7 nitrogen and oxygen atoms in total. The van der Waals surface area contributed by atoms with Crippen LogP contribution >= 0.6 is 0 Å². The van der Waals surface area contributed by atoms with E-state index in [0.717, 1.165) is 12.8 Å². The summed E-state index contributed by atoms with van der Waals surface area (Å²) >= 11 is 0. The van der Waals surface area contributed by atoms with Gasteiger partial charge in [-0.05, 0) is 43.4 Å². The summed E-state index contributed by atoms with van der Waals surface area (Å²) in [5.41, 5.74) is -0.317. The number of likely N-dealkylation sites (tertiary alicyclic amines) is 1. The number of carbonyl (C=O) groups is 2. The van der Waals surface area contributed by atoms with Gasteiger partial charge in [0.1, 0.15) is 5.82 Å². The molecule has 1 N–H and O–H groups in total. The molecule has 0 radical (unpaired) electrons. The zero-order valence-corrected chi connectivity index (χ0v) is 14.7. The van der Waals surface area contributed by atoms with Gasteiger partial charge in [-0.25, -0.2) is 9.07 Å². The van der Waals surface area contributed by atoms with Gasteiger partial charge in [-0.1, -0.05) is 6.07 Å². The fourth-order valence-corrected chi connectivity index (χ4v) is 3.28. The molecule has 1 fully saturated rings. The molecule has 1 aliphatic heterocycles. The first kappa shape index (κ1) is 18.8. The maximum Gasteiger partial charge on any atom is 0.303 e. The highest BCUT2D eigenvalue weighted by molar-refractivity contribution is 5.92. The number of hydrogen-bond acceptors (Lipinski definition) is 4. The standard InChI is InChI=1S/C19H20FN3O4/c20-14-4-1-5-15(11-14)23-10-8-16(24)18(21-23)19(27)22-9-2-3-13(12-22)6-7-17(25)26/h1,4-5,8,10-11,13H,2-3,6-7,9,12H2,(H,25,26). The van der Waals surface area contributed by atoms with E-state index in [1.165, 1.54) is 35.1 Å². The van der Waals surface area contributed by atoms with Crippen LogP contribution in [-0.2, 0) is 4.79 Å². The molecule has 27 heavy (non-hydrogen) atoms. The second kappa shape index (κ2) is 8.11. The van der Waals surface area contributed by atoms with E-state index in [4.69, 9.17) is 5.11 Å². The van der Waals surface area contributed by atoms with E-state index >= 15 is 0 Å². The number of carboxylic acids is 1. The molecule has 1 amide bonds. The first-order valence-electron chi connectivity index (χ1n) is 8.81. The second-order valence-corrected chi connectivity index (χ2v) is 6.64. The third-order valence-corrected chi connectivity index (χ3v) is 4.66. The van der Waals surface area contributed by atoms with E-state index in [1.54, 1.807) is 11.0 Å². The molecule has 0 spiro atoms. The monoisotopic (exact) mass is 373 g/mol. The summed E-state index contributed by atoms with van der Waals surface area (Å²) in [6.07, 6.45) is 3.55. The van der Waals surface area contributed by atoms with Crippen molar-refractivity contribution in [1.82, 2.24) is 14.7 Å². The van der Waals surface area contributed by atoms with Crippen LogP contribution in [0.2, 0.25) is 0 Å². The zero-order valence-electron chi connectivity index (χ0n) is 14.7. The van der Waals surface area contributed by atoms with Gasteiger partial charge in [0, 0.05) is 31.8 Å². The molecular formula is C19H20FN3O4. The SMILES string of the molecule is O=C(O)CCC1CCCN(C(=O)c2nn(-c3cccc(F)c3)ccc2=O)C1. The minimum atomic E-state index is -0.860. The zero-order chi connectivity index (χ0) is 19.4. The van der Waals surface area contributed by atoms with Gasteiger partial charge in [-0.3, -0.25) is 14.4 Å². The average molecular weight is 373 g/mol. The van der Waals surface area contributed by atoms with Gasteiger partial charge in [0.2, 0.25) is 5.43 Å². The van der Waals surface area contributed by atoms with E-state index in [1.807, 2.05) is 0 Å². The highest BCUT2D eigenvalue weighted by atomic mass is 19.1. The molecule has 1 aliphatic rings. The number of hydrogen-bond donors (Lipinski definition) is 1. The first-order valence-corrected chi connectivity index (χ1v) is 8.81. The molecule has 1 saturated heterocycles. The molecule has 142 valence electrons. The number of amides is 1. The van der Waals surface area contributed by atoms with Crippen molar-refractivity contribution < 1.29 is 19.1 Å². The molecule has 1 atom stereocenters. The predicted molar refractivity (Wildman–Crippen MR) is 95.3 cm³/mol. The minimum absolute atomic E-state index is 0.0582. The van der Waals surface area contributed by atoms with Crippen LogP contribution < -0.4 is 5.43 Å². The van der Waals surface area contributed by atoms with E-state index in [0.29, 0.717) is 25.2 Å². The largest absolute Gasteiger partial charge is 0.481 e. The van der Waals surface area contributed by atoms with Crippen molar-refractivity contribution in [2.45, 2.75) is 25.7 Å². The van der Waals surface area contributed by atoms with Crippen LogP contribution in [0.3, 0.4) is 0 Å². The number of halogens is 1. The van der Waals surface area contributed by atoms with Crippen LogP contribution in [0, 0.1) is 11.7 Å². The van der Waals surface area contributed by atoms with Crippen LogP contribution in [0.15, 0.2) is 41.3 Å². The van der Waals surface area contributed by atoms with Crippen LogP contribution in [-0.4, -0.2) is 44.8 Å². The van der Waals surface area contributed by atoms with Crippen molar-refractivity contribution >= 4 is 11.9 Å². The molecule has 2 aromatic rings. The van der Waals surface area contributed by atoms with E-state index in [2.05, 4.69) is 5.10 Å². The van der Waals surface area contributed by atoms with Gasteiger partial charge in [-0.2, -0.15) is 5.10 Å². The maximum atomic E-state index is 13.4. The van der Waals surface area contributed by atoms with E-state index in [-0.39, 0.29) is 18.0 Å². The normalized spacial score (nSPS) is 16.9. The number of nitrogens with zero attached hydrogens (tertiary/aromatic N) is 3. The van der Waals surface area contributed by atoms with Gasteiger partial charge in [-0.15, -0.1) is 0 Å². The molecule has 0 bridgehead atoms. The number of carbonyl (C=O) groups excluding carboxylic acids is 1. The smallest absolute Gasteiger partial charge is 0.303 e. The third kappa shape index (κ3) is 4.58. The summed E-state index contributed by atoms with van der Waals surface area (Å²) in [5.74, 6) is -1.70. The Morgan fingerprint density at radius 2 is 2.11 bits per heavy atom. The van der Waals surface area contributed by atoms with Crippen molar-refractivity contribution in [3.8, 4) is 5.69 Å². The van der Waals surface area contributed by atoms with Crippen molar-refractivity contribution in [2.24, 2.45) is 5.92 Å². The van der Waals surface area contributed by atoms with Crippen molar-refractivity contribution in [3.63, 3.8) is 0 Å². The predicted octanol–water partition coefficient (Wildman–Crippen LogP) is 2.09. The second-order valence-electron chi connectivity index (χ2n) is 6.64. The molecular weight excluding hydrogens is 353 g/mol. The van der Waals surface area contributed by atoms with Gasteiger partial charge in [0.25, 0.3) is 5.91 Å². The van der Waals surface area contributed by atoms with Gasteiger partial charge >= 0.3 is 5.97 Å². The average Bonchev–Trinajstić information content (AvgIpc) is 2.66. The van der Waals surface area contributed by atoms with Gasteiger partial charge in [0.15, 0.2) is 5.69 Å². The number of carboxylic acid groups (broad SMARTS) is 1. The lowest BCUT2D eigenvalue weighted by molar-refractivity contribution is -0.137. The van der Waals surface area contributed by atoms with Gasteiger partial charge in [0.05, 0.1) is 5.69 Å². The Kier molecular flexibility index (Phi) is 5.63. The van der Waals surface area contributed by atoms with Crippen molar-refractivity contribution in [1.29, 1.82) is 0 Å². The summed E-state index contributed by atoms with van der Waals surface area (Å²) < 4.78 is 14.7. The number of rotatable bonds is 5. The summed E-state index contributed by atoms with van der Waals surface area (Å²) in [6.45, 7) is 0.903. The Morgan fingerprint density at radius 3 is 2.85 bits per heavy atom. The molecule has 0 aliphatic carbocycles. The molecule has 3 rings (SSSR count). The van der Waals surface area contributed by atoms with E-state index in [9.17, 15) is 18.8 Å². The molecule has 2 heterocycles.